The Kier molecular flexibility index (Phi) is 5.25. The van der Waals surface area contributed by atoms with Gasteiger partial charge in [-0.1, -0.05) is 43.1 Å². The molecule has 0 atom stereocenters. The topological polar surface area (TPSA) is 46.2 Å². The van der Waals surface area contributed by atoms with Crippen LogP contribution in [-0.4, -0.2) is 15.0 Å². The molecule has 16 heavy (non-hydrogen) atoms. The molecular weight excluding hydrogens is 246 g/mol. The third-order valence-corrected chi connectivity index (χ3v) is 3.86. The van der Waals surface area contributed by atoms with Crippen molar-refractivity contribution < 1.29 is 8.42 Å². The Labute approximate surface area is 102 Å². The standard InChI is InChI=1S/C11H16ClNO2S/c1-2-3-8-13-16(14,15)9-10-6-4-5-7-11(10)12/h4-7,13H,2-3,8-9H2,1H3. The van der Waals surface area contributed by atoms with Gasteiger partial charge in [0, 0.05) is 11.6 Å². The minimum atomic E-state index is -3.26. The first-order chi connectivity index (χ1) is 7.55. The van der Waals surface area contributed by atoms with Crippen LogP contribution >= 0.6 is 11.6 Å². The maximum atomic E-state index is 11.7. The molecular formula is C11H16ClNO2S. The van der Waals surface area contributed by atoms with Crippen LogP contribution in [0.1, 0.15) is 25.3 Å². The Bertz CT molecular complexity index is 431. The van der Waals surface area contributed by atoms with Gasteiger partial charge < -0.3 is 0 Å². The number of unbranched alkanes of at least 4 members (excludes halogenated alkanes) is 1. The van der Waals surface area contributed by atoms with E-state index in [4.69, 9.17) is 11.6 Å². The molecule has 0 unspecified atom stereocenters. The highest BCUT2D eigenvalue weighted by atomic mass is 35.5. The lowest BCUT2D eigenvalue weighted by Gasteiger charge is -2.07. The maximum Gasteiger partial charge on any atom is 0.215 e. The summed E-state index contributed by atoms with van der Waals surface area (Å²) in [6.45, 7) is 2.51. The van der Waals surface area contributed by atoms with E-state index in [0.717, 1.165) is 12.8 Å². The molecule has 0 radical (unpaired) electrons. The molecule has 0 fully saturated rings. The summed E-state index contributed by atoms with van der Waals surface area (Å²) in [7, 11) is -3.26. The van der Waals surface area contributed by atoms with Crippen LogP contribution in [0.25, 0.3) is 0 Å². The molecule has 0 saturated heterocycles. The summed E-state index contributed by atoms with van der Waals surface area (Å²) in [5.41, 5.74) is 0.633. The van der Waals surface area contributed by atoms with Crippen LogP contribution in [0.4, 0.5) is 0 Å². The number of halogens is 1. The summed E-state index contributed by atoms with van der Waals surface area (Å²) in [5, 5.41) is 0.489. The van der Waals surface area contributed by atoms with Crippen LogP contribution in [0, 0.1) is 0 Å². The van der Waals surface area contributed by atoms with Crippen molar-refractivity contribution in [2.75, 3.05) is 6.54 Å². The van der Waals surface area contributed by atoms with Gasteiger partial charge in [0.1, 0.15) is 0 Å². The van der Waals surface area contributed by atoms with E-state index in [-0.39, 0.29) is 5.75 Å². The van der Waals surface area contributed by atoms with Gasteiger partial charge in [0.25, 0.3) is 0 Å². The van der Waals surface area contributed by atoms with Crippen molar-refractivity contribution in [3.63, 3.8) is 0 Å². The SMILES string of the molecule is CCCCNS(=O)(=O)Cc1ccccc1Cl. The van der Waals surface area contributed by atoms with Gasteiger partial charge in [0.2, 0.25) is 10.0 Å². The lowest BCUT2D eigenvalue weighted by atomic mass is 10.2. The Hall–Kier alpha value is -0.580. The molecule has 3 nitrogen and oxygen atoms in total. The molecule has 90 valence electrons. The average molecular weight is 262 g/mol. The van der Waals surface area contributed by atoms with Gasteiger partial charge in [-0.25, -0.2) is 13.1 Å². The molecule has 1 rings (SSSR count). The van der Waals surface area contributed by atoms with E-state index in [1.165, 1.54) is 0 Å². The summed E-state index contributed by atoms with van der Waals surface area (Å²) < 4.78 is 25.9. The molecule has 1 aromatic carbocycles. The zero-order chi connectivity index (χ0) is 12.0. The molecule has 0 aromatic heterocycles. The van der Waals surface area contributed by atoms with Crippen LogP contribution in [0.2, 0.25) is 5.02 Å². The van der Waals surface area contributed by atoms with E-state index < -0.39 is 10.0 Å². The molecule has 5 heteroatoms. The van der Waals surface area contributed by atoms with Gasteiger partial charge in [-0.15, -0.1) is 0 Å². The van der Waals surface area contributed by atoms with Gasteiger partial charge >= 0.3 is 0 Å². The third kappa shape index (κ3) is 4.51. The monoisotopic (exact) mass is 261 g/mol. The highest BCUT2D eigenvalue weighted by molar-refractivity contribution is 7.88. The van der Waals surface area contributed by atoms with Crippen LogP contribution in [0.15, 0.2) is 24.3 Å². The summed E-state index contributed by atoms with van der Waals surface area (Å²) in [5.74, 6) is -0.0591. The van der Waals surface area contributed by atoms with Crippen LogP contribution in [-0.2, 0) is 15.8 Å². The zero-order valence-electron chi connectivity index (χ0n) is 9.24. The smallest absolute Gasteiger partial charge is 0.215 e. The molecule has 0 spiro atoms. The van der Waals surface area contributed by atoms with Crippen molar-refractivity contribution in [1.82, 2.24) is 4.72 Å². The largest absolute Gasteiger partial charge is 0.215 e. The van der Waals surface area contributed by atoms with Crippen molar-refractivity contribution in [2.45, 2.75) is 25.5 Å². The predicted octanol–water partition coefficient (Wildman–Crippen LogP) is 2.56. The van der Waals surface area contributed by atoms with Gasteiger partial charge in [0.05, 0.1) is 5.75 Å². The Morgan fingerprint density at radius 3 is 2.62 bits per heavy atom. The molecule has 1 aromatic rings. The van der Waals surface area contributed by atoms with E-state index in [1.807, 2.05) is 6.92 Å². The number of sulfonamides is 1. The Balaban J connectivity index is 2.63. The Morgan fingerprint density at radius 2 is 2.00 bits per heavy atom. The molecule has 0 saturated carbocycles. The van der Waals surface area contributed by atoms with Crippen LogP contribution in [0.3, 0.4) is 0 Å². The lowest BCUT2D eigenvalue weighted by molar-refractivity contribution is 0.577. The quantitative estimate of drug-likeness (QED) is 0.800. The van der Waals surface area contributed by atoms with Crippen molar-refractivity contribution >= 4 is 21.6 Å². The second-order valence-electron chi connectivity index (χ2n) is 3.60. The van der Waals surface area contributed by atoms with Gasteiger partial charge in [-0.3, -0.25) is 0 Å². The summed E-state index contributed by atoms with van der Waals surface area (Å²) in [6, 6.07) is 6.98. The predicted molar refractivity (Wildman–Crippen MR) is 67.0 cm³/mol. The number of rotatable bonds is 6. The van der Waals surface area contributed by atoms with E-state index in [2.05, 4.69) is 4.72 Å². The molecule has 0 amide bonds. The van der Waals surface area contributed by atoms with Crippen molar-refractivity contribution in [2.24, 2.45) is 0 Å². The van der Waals surface area contributed by atoms with Gasteiger partial charge in [-0.2, -0.15) is 0 Å². The fourth-order valence-corrected chi connectivity index (χ4v) is 2.78. The zero-order valence-corrected chi connectivity index (χ0v) is 10.8. The first kappa shape index (κ1) is 13.5. The van der Waals surface area contributed by atoms with Gasteiger partial charge in [-0.05, 0) is 18.1 Å². The normalized spacial score (nSPS) is 11.6. The minimum Gasteiger partial charge on any atom is -0.215 e. The molecule has 0 aliphatic rings. The maximum absolute atomic E-state index is 11.7. The second-order valence-corrected chi connectivity index (χ2v) is 5.81. The number of benzene rings is 1. The first-order valence-electron chi connectivity index (χ1n) is 5.26. The van der Waals surface area contributed by atoms with Crippen molar-refractivity contribution in [3.05, 3.63) is 34.9 Å². The van der Waals surface area contributed by atoms with E-state index >= 15 is 0 Å². The number of hydrogen-bond acceptors (Lipinski definition) is 2. The highest BCUT2D eigenvalue weighted by Gasteiger charge is 2.12. The second kappa shape index (κ2) is 6.23. The number of hydrogen-bond donors (Lipinski definition) is 1. The van der Waals surface area contributed by atoms with Crippen LogP contribution < -0.4 is 4.72 Å². The molecule has 0 heterocycles. The van der Waals surface area contributed by atoms with E-state index in [1.54, 1.807) is 24.3 Å². The van der Waals surface area contributed by atoms with E-state index in [0.29, 0.717) is 17.1 Å². The number of nitrogens with one attached hydrogen (secondary N) is 1. The Morgan fingerprint density at radius 1 is 1.31 bits per heavy atom. The molecule has 0 aliphatic carbocycles. The molecule has 0 bridgehead atoms. The average Bonchev–Trinajstić information content (AvgIpc) is 2.21. The van der Waals surface area contributed by atoms with Crippen molar-refractivity contribution in [1.29, 1.82) is 0 Å². The third-order valence-electron chi connectivity index (χ3n) is 2.16. The van der Waals surface area contributed by atoms with Crippen molar-refractivity contribution in [3.8, 4) is 0 Å². The fourth-order valence-electron chi connectivity index (χ4n) is 1.28. The summed E-state index contributed by atoms with van der Waals surface area (Å²) in [4.78, 5) is 0. The van der Waals surface area contributed by atoms with Gasteiger partial charge in [0.15, 0.2) is 0 Å². The first-order valence-corrected chi connectivity index (χ1v) is 7.29. The summed E-state index contributed by atoms with van der Waals surface area (Å²) in [6.07, 6.45) is 1.82. The van der Waals surface area contributed by atoms with E-state index in [9.17, 15) is 8.42 Å². The summed E-state index contributed by atoms with van der Waals surface area (Å²) >= 11 is 5.90. The van der Waals surface area contributed by atoms with Crippen LogP contribution in [0.5, 0.6) is 0 Å². The lowest BCUT2D eigenvalue weighted by Crippen LogP contribution is -2.26. The highest BCUT2D eigenvalue weighted by Crippen LogP contribution is 2.17. The minimum absolute atomic E-state index is 0.0591. The fraction of sp³-hybridized carbons (Fsp3) is 0.455. The molecule has 1 N–H and O–H groups in total. The molecule has 0 aliphatic heterocycles.